The number of hydrogen-bond donors (Lipinski definition) is 5. The number of carbonyl (C=O) groups is 4. The molecule has 21 nitrogen and oxygen atoms in total. The summed E-state index contributed by atoms with van der Waals surface area (Å²) < 4.78 is 40.9. The third kappa shape index (κ3) is 23.3. The minimum absolute atomic E-state index is 0.0141. The minimum atomic E-state index is -2.00. The van der Waals surface area contributed by atoms with E-state index in [9.17, 15) is 19.2 Å². The first kappa shape index (κ1) is 55.5. The Morgan fingerprint density at radius 3 is 1.89 bits per heavy atom. The fourth-order valence-electron chi connectivity index (χ4n) is 5.42. The van der Waals surface area contributed by atoms with E-state index in [0.29, 0.717) is 91.3 Å². The average molecular weight is 921 g/mol. The van der Waals surface area contributed by atoms with Gasteiger partial charge in [-0.05, 0) is 66.7 Å². The number of azide groups is 1. The Balaban J connectivity index is 1.76. The van der Waals surface area contributed by atoms with Crippen molar-refractivity contribution in [3.8, 4) is 5.69 Å². The maximum Gasteiger partial charge on any atom is 0.312 e. The molecule has 360 valence electrons. The van der Waals surface area contributed by atoms with Crippen LogP contribution in [0.2, 0.25) is 18.1 Å². The topological polar surface area (TPSA) is 274 Å². The molecule has 0 unspecified atom stereocenters. The van der Waals surface area contributed by atoms with Crippen LogP contribution >= 0.6 is 0 Å². The molecular weight excluding hydrogens is 849 g/mol. The molecule has 2 aromatic rings. The van der Waals surface area contributed by atoms with Crippen molar-refractivity contribution in [3.63, 3.8) is 0 Å². The van der Waals surface area contributed by atoms with Gasteiger partial charge in [0.25, 0.3) is 0 Å². The van der Waals surface area contributed by atoms with Gasteiger partial charge in [0.2, 0.25) is 17.7 Å². The zero-order valence-corrected chi connectivity index (χ0v) is 39.7. The number of primary amides is 1. The molecule has 0 bridgehead atoms. The number of aromatic nitrogens is 2. The van der Waals surface area contributed by atoms with E-state index in [0.717, 1.165) is 11.5 Å². The summed E-state index contributed by atoms with van der Waals surface area (Å²) in [4.78, 5) is 58.5. The molecule has 6 N–H and O–H groups in total. The quantitative estimate of drug-likeness (QED) is 0.0214. The van der Waals surface area contributed by atoms with E-state index in [2.05, 4.69) is 70.1 Å². The molecule has 0 spiro atoms. The van der Waals surface area contributed by atoms with Crippen LogP contribution in [0.4, 0.5) is 10.5 Å². The number of amides is 5. The lowest BCUT2D eigenvalue weighted by Crippen LogP contribution is -2.54. The van der Waals surface area contributed by atoms with E-state index in [1.807, 2.05) is 22.9 Å². The summed E-state index contributed by atoms with van der Waals surface area (Å²) in [7, 11) is -2.00. The highest BCUT2D eigenvalue weighted by Gasteiger charge is 2.37. The Morgan fingerprint density at radius 1 is 0.828 bits per heavy atom. The molecule has 1 aromatic carbocycles. The highest BCUT2D eigenvalue weighted by molar-refractivity contribution is 6.74. The molecular formula is C42H72N10O11Si. The van der Waals surface area contributed by atoms with Crippen LogP contribution in [0, 0.1) is 5.92 Å². The van der Waals surface area contributed by atoms with Crippen molar-refractivity contribution in [2.45, 2.75) is 90.7 Å². The average Bonchev–Trinajstić information content (AvgIpc) is 3.72. The fraction of sp³-hybridized carbons (Fsp3) is 0.690. The van der Waals surface area contributed by atoms with Gasteiger partial charge in [0.1, 0.15) is 17.9 Å². The molecule has 2 rings (SSSR count). The second-order valence-electron chi connectivity index (χ2n) is 16.5. The molecule has 0 saturated heterocycles. The van der Waals surface area contributed by atoms with E-state index >= 15 is 0 Å². The molecule has 0 aliphatic heterocycles. The zero-order chi connectivity index (χ0) is 47.2. The number of rotatable bonds is 35. The molecule has 2 atom stereocenters. The maximum atomic E-state index is 13.6. The first-order valence-corrected chi connectivity index (χ1v) is 24.6. The Labute approximate surface area is 378 Å². The van der Waals surface area contributed by atoms with Crippen molar-refractivity contribution in [2.24, 2.45) is 16.8 Å². The van der Waals surface area contributed by atoms with Crippen LogP contribution in [0.3, 0.4) is 0 Å². The number of anilines is 1. The van der Waals surface area contributed by atoms with Gasteiger partial charge in [-0.1, -0.05) is 39.7 Å². The number of carbonyl (C=O) groups excluding carboxylic acids is 4. The van der Waals surface area contributed by atoms with Crippen LogP contribution in [0.25, 0.3) is 16.1 Å². The van der Waals surface area contributed by atoms with E-state index in [1.54, 1.807) is 32.2 Å². The van der Waals surface area contributed by atoms with Gasteiger partial charge >= 0.3 is 6.03 Å². The van der Waals surface area contributed by atoms with Gasteiger partial charge in [-0.3, -0.25) is 14.4 Å². The number of hydrogen-bond acceptors (Lipinski definition) is 13. The Hall–Kier alpha value is -4.64. The number of nitrogens with one attached hydrogen (secondary N) is 4. The Morgan fingerprint density at radius 2 is 1.38 bits per heavy atom. The normalized spacial score (nSPS) is 12.6. The lowest BCUT2D eigenvalue weighted by Gasteiger charge is -2.36. The van der Waals surface area contributed by atoms with Crippen LogP contribution in [0.1, 0.15) is 59.7 Å². The third-order valence-electron chi connectivity index (χ3n) is 10.1. The number of benzene rings is 1. The van der Waals surface area contributed by atoms with E-state index in [4.69, 9.17) is 44.1 Å². The smallest absolute Gasteiger partial charge is 0.312 e. The highest BCUT2D eigenvalue weighted by atomic mass is 28.4. The van der Waals surface area contributed by atoms with Gasteiger partial charge in [0.05, 0.1) is 85.9 Å². The number of urea groups is 1. The number of ether oxygens (including phenoxy) is 6. The molecule has 0 radical (unpaired) electrons. The highest BCUT2D eigenvalue weighted by Crippen LogP contribution is 2.37. The molecule has 1 heterocycles. The van der Waals surface area contributed by atoms with Crippen LogP contribution in [-0.4, -0.2) is 146 Å². The molecule has 0 aliphatic carbocycles. The summed E-state index contributed by atoms with van der Waals surface area (Å²) in [6.07, 6.45) is 4.13. The third-order valence-corrected chi connectivity index (χ3v) is 14.6. The van der Waals surface area contributed by atoms with Gasteiger partial charge in [0, 0.05) is 48.2 Å². The summed E-state index contributed by atoms with van der Waals surface area (Å²) >= 11 is 0. The molecule has 22 heteroatoms. The molecule has 64 heavy (non-hydrogen) atoms. The van der Waals surface area contributed by atoms with Gasteiger partial charge in [-0.2, -0.15) is 0 Å². The molecule has 5 amide bonds. The predicted octanol–water partition coefficient (Wildman–Crippen LogP) is 4.21. The monoisotopic (exact) mass is 921 g/mol. The summed E-state index contributed by atoms with van der Waals surface area (Å²) in [5, 5.41) is 14.4. The second-order valence-corrected chi connectivity index (χ2v) is 21.3. The molecule has 0 aliphatic rings. The lowest BCUT2D eigenvalue weighted by molar-refractivity contribution is -0.132. The van der Waals surface area contributed by atoms with Crippen molar-refractivity contribution >= 4 is 37.8 Å². The lowest BCUT2D eigenvalue weighted by atomic mass is 10.0. The maximum absolute atomic E-state index is 13.6. The minimum Gasteiger partial charge on any atom is -0.409 e. The van der Waals surface area contributed by atoms with Gasteiger partial charge in [0.15, 0.2) is 8.32 Å². The van der Waals surface area contributed by atoms with Crippen molar-refractivity contribution in [1.82, 2.24) is 25.5 Å². The van der Waals surface area contributed by atoms with E-state index < -0.39 is 38.2 Å². The molecule has 0 fully saturated rings. The first-order valence-electron chi connectivity index (χ1n) is 21.7. The van der Waals surface area contributed by atoms with Crippen LogP contribution in [0.5, 0.6) is 0 Å². The van der Waals surface area contributed by atoms with Crippen LogP contribution in [-0.2, 0) is 53.8 Å². The van der Waals surface area contributed by atoms with Gasteiger partial charge in [-0.15, -0.1) is 0 Å². The van der Waals surface area contributed by atoms with E-state index in [-0.39, 0.29) is 49.5 Å². The molecule has 1 aromatic heterocycles. The zero-order valence-electron chi connectivity index (χ0n) is 38.7. The number of nitrogens with zero attached hydrogens (tertiary/aromatic N) is 5. The number of imidazole rings is 1. The summed E-state index contributed by atoms with van der Waals surface area (Å²) in [6, 6.07) is 4.63. The van der Waals surface area contributed by atoms with Crippen molar-refractivity contribution in [1.29, 1.82) is 0 Å². The van der Waals surface area contributed by atoms with Gasteiger partial charge < -0.3 is 64.4 Å². The summed E-state index contributed by atoms with van der Waals surface area (Å²) in [6.45, 7) is 19.7. The van der Waals surface area contributed by atoms with Gasteiger partial charge in [-0.25, -0.2) is 9.78 Å². The SMILES string of the molecule is CC(C)[C@H](NC(=O)CCOCCOCCOCCOCCOCCOCCN=[N+]=[N-])C(=O)N[C@@H](CCCNC(N)=O)C(=O)Nc1ccc(-n2ccnc2CO[Si](C)(C)C(C)(C)C)cc1. The Bertz CT molecular complexity index is 1700. The first-order chi connectivity index (χ1) is 30.6. The van der Waals surface area contributed by atoms with Crippen LogP contribution in [0.15, 0.2) is 41.8 Å². The van der Waals surface area contributed by atoms with E-state index in [1.165, 1.54) is 0 Å². The standard InChI is InChI=1S/C42H72N10O11Si/c1-32(2)38(50-37(53)14-19-57-21-23-59-25-27-61-29-30-62-28-26-60-24-22-58-20-17-47-51-44)40(55)49-35(9-8-15-46-41(43)56)39(54)48-33-10-12-34(13-11-33)52-18-16-45-36(52)31-63-64(6,7)42(3,4)5/h10-13,16,18,32,35,38H,8-9,14-15,17,19-31H2,1-7H3,(H,48,54)(H,49,55)(H,50,53)(H3,43,46,56)/t35-,38-/m0/s1. The fourth-order valence-corrected chi connectivity index (χ4v) is 6.34. The largest absolute Gasteiger partial charge is 0.409 e. The van der Waals surface area contributed by atoms with Crippen molar-refractivity contribution in [3.05, 3.63) is 52.9 Å². The number of nitrogens with two attached hydrogens (primary N) is 1. The molecule has 0 saturated carbocycles. The Kier molecular flexibility index (Phi) is 27.1. The summed E-state index contributed by atoms with van der Waals surface area (Å²) in [5.74, 6) is -0.909. The van der Waals surface area contributed by atoms with Crippen LogP contribution < -0.4 is 27.0 Å². The second kappa shape index (κ2) is 31.3. The van der Waals surface area contributed by atoms with Crippen molar-refractivity contribution in [2.75, 3.05) is 97.7 Å². The van der Waals surface area contributed by atoms with Crippen molar-refractivity contribution < 1.29 is 52.0 Å². The predicted molar refractivity (Wildman–Crippen MR) is 243 cm³/mol. The summed E-state index contributed by atoms with van der Waals surface area (Å²) in [5.41, 5.74) is 14.8.